The molecule has 15 heavy (non-hydrogen) atoms. The number of imidazole rings is 1. The van der Waals surface area contributed by atoms with Crippen molar-refractivity contribution in [2.45, 2.75) is 26.0 Å². The maximum atomic E-state index is 10.0. The molecule has 0 amide bonds. The van der Waals surface area contributed by atoms with Gasteiger partial charge in [0, 0.05) is 18.9 Å². The van der Waals surface area contributed by atoms with Crippen molar-refractivity contribution >= 4 is 11.5 Å². The highest BCUT2D eigenvalue weighted by atomic mass is 32.1. The number of aromatic nitrogens is 4. The zero-order valence-electron chi connectivity index (χ0n) is 8.37. The van der Waals surface area contributed by atoms with Crippen LogP contribution in [0.3, 0.4) is 0 Å². The Balaban J connectivity index is 2.25. The van der Waals surface area contributed by atoms with E-state index in [1.165, 1.54) is 11.5 Å². The van der Waals surface area contributed by atoms with Gasteiger partial charge in [0.25, 0.3) is 0 Å². The third kappa shape index (κ3) is 2.05. The molecule has 2 rings (SSSR count). The first-order valence-electron chi connectivity index (χ1n) is 4.79. The molecule has 5 nitrogen and oxygen atoms in total. The normalized spacial score (nSPS) is 12.9. The number of hydrogen-bond acceptors (Lipinski definition) is 5. The van der Waals surface area contributed by atoms with E-state index in [2.05, 4.69) is 21.5 Å². The maximum absolute atomic E-state index is 10.0. The third-order valence-electron chi connectivity index (χ3n) is 2.10. The Morgan fingerprint density at radius 3 is 3.13 bits per heavy atom. The van der Waals surface area contributed by atoms with Gasteiger partial charge >= 0.3 is 0 Å². The van der Waals surface area contributed by atoms with Gasteiger partial charge < -0.3 is 9.67 Å². The van der Waals surface area contributed by atoms with Crippen molar-refractivity contribution in [1.29, 1.82) is 0 Å². The quantitative estimate of drug-likeness (QED) is 0.848. The van der Waals surface area contributed by atoms with E-state index in [9.17, 15) is 5.11 Å². The van der Waals surface area contributed by atoms with Crippen molar-refractivity contribution in [2.24, 2.45) is 0 Å². The van der Waals surface area contributed by atoms with Crippen molar-refractivity contribution in [3.63, 3.8) is 0 Å². The van der Waals surface area contributed by atoms with Gasteiger partial charge in [-0.15, -0.1) is 5.10 Å². The lowest BCUT2D eigenvalue weighted by molar-refractivity contribution is 0.208. The van der Waals surface area contributed by atoms with Crippen LogP contribution in [0.2, 0.25) is 0 Å². The highest BCUT2D eigenvalue weighted by Gasteiger charge is 2.17. The molecule has 0 aromatic carbocycles. The molecule has 0 saturated carbocycles. The number of aliphatic hydroxyl groups excluding tert-OH is 1. The molecule has 0 aliphatic rings. The molecule has 2 aromatic heterocycles. The maximum Gasteiger partial charge on any atom is 0.149 e. The second-order valence-electron chi connectivity index (χ2n) is 3.20. The van der Waals surface area contributed by atoms with Gasteiger partial charge in [0.05, 0.1) is 11.1 Å². The van der Waals surface area contributed by atoms with E-state index in [-0.39, 0.29) is 0 Å². The lowest BCUT2D eigenvalue weighted by atomic mass is 10.3. The van der Waals surface area contributed by atoms with Crippen molar-refractivity contribution in [3.8, 4) is 0 Å². The highest BCUT2D eigenvalue weighted by molar-refractivity contribution is 7.05. The largest absolute Gasteiger partial charge is 0.379 e. The fourth-order valence-corrected chi connectivity index (χ4v) is 1.91. The number of aryl methyl sites for hydroxylation is 1. The van der Waals surface area contributed by atoms with Gasteiger partial charge in [0.15, 0.2) is 0 Å². The number of hydrogen-bond donors (Lipinski definition) is 1. The van der Waals surface area contributed by atoms with E-state index in [1.54, 1.807) is 12.4 Å². The van der Waals surface area contributed by atoms with E-state index in [0.717, 1.165) is 17.8 Å². The van der Waals surface area contributed by atoms with Gasteiger partial charge in [-0.1, -0.05) is 11.4 Å². The fraction of sp³-hybridized carbons (Fsp3) is 0.444. The van der Waals surface area contributed by atoms with Crippen LogP contribution in [0.1, 0.15) is 30.2 Å². The SMILES string of the molecule is CCCn1ccnc1C(O)c1cnns1. The summed E-state index contributed by atoms with van der Waals surface area (Å²) >= 11 is 1.19. The Bertz CT molecular complexity index is 411. The molecule has 0 fully saturated rings. The van der Waals surface area contributed by atoms with Crippen LogP contribution in [-0.4, -0.2) is 24.2 Å². The first kappa shape index (κ1) is 10.3. The van der Waals surface area contributed by atoms with Gasteiger partial charge in [-0.25, -0.2) is 4.98 Å². The first-order valence-corrected chi connectivity index (χ1v) is 5.56. The van der Waals surface area contributed by atoms with Crippen LogP contribution < -0.4 is 0 Å². The van der Waals surface area contributed by atoms with Crippen molar-refractivity contribution in [3.05, 3.63) is 29.3 Å². The second kappa shape index (κ2) is 4.50. The van der Waals surface area contributed by atoms with Crippen molar-refractivity contribution in [2.75, 3.05) is 0 Å². The van der Waals surface area contributed by atoms with Crippen LogP contribution in [0.5, 0.6) is 0 Å². The smallest absolute Gasteiger partial charge is 0.149 e. The zero-order chi connectivity index (χ0) is 10.7. The molecule has 0 saturated heterocycles. The van der Waals surface area contributed by atoms with E-state index >= 15 is 0 Å². The third-order valence-corrected chi connectivity index (χ3v) is 2.82. The van der Waals surface area contributed by atoms with Crippen LogP contribution in [0.4, 0.5) is 0 Å². The summed E-state index contributed by atoms with van der Waals surface area (Å²) in [5.74, 6) is 0.655. The highest BCUT2D eigenvalue weighted by Crippen LogP contribution is 2.22. The van der Waals surface area contributed by atoms with E-state index in [1.807, 2.05) is 10.8 Å². The summed E-state index contributed by atoms with van der Waals surface area (Å²) in [4.78, 5) is 4.88. The minimum Gasteiger partial charge on any atom is -0.379 e. The molecular formula is C9H12N4OS. The topological polar surface area (TPSA) is 63.8 Å². The van der Waals surface area contributed by atoms with Gasteiger partial charge in [-0.2, -0.15) is 0 Å². The van der Waals surface area contributed by atoms with Gasteiger partial charge in [0.2, 0.25) is 0 Å². The summed E-state index contributed by atoms with van der Waals surface area (Å²) in [6.07, 6.45) is 5.43. The molecule has 1 N–H and O–H groups in total. The van der Waals surface area contributed by atoms with Gasteiger partial charge in [-0.05, 0) is 18.0 Å². The fourth-order valence-electron chi connectivity index (χ4n) is 1.42. The van der Waals surface area contributed by atoms with E-state index in [0.29, 0.717) is 5.82 Å². The van der Waals surface area contributed by atoms with Crippen LogP contribution in [-0.2, 0) is 6.54 Å². The molecule has 0 aliphatic carbocycles. The molecule has 2 heterocycles. The Labute approximate surface area is 91.6 Å². The lowest BCUT2D eigenvalue weighted by Crippen LogP contribution is -2.08. The summed E-state index contributed by atoms with van der Waals surface area (Å²) in [7, 11) is 0. The number of nitrogens with zero attached hydrogens (tertiary/aromatic N) is 4. The molecule has 1 atom stereocenters. The average Bonchev–Trinajstić information content (AvgIpc) is 2.87. The predicted molar refractivity (Wildman–Crippen MR) is 56.5 cm³/mol. The molecule has 1 unspecified atom stereocenters. The van der Waals surface area contributed by atoms with Crippen LogP contribution in [0.25, 0.3) is 0 Å². The average molecular weight is 224 g/mol. The van der Waals surface area contributed by atoms with Gasteiger partial charge in [-0.3, -0.25) is 0 Å². The Hall–Kier alpha value is -1.27. The lowest BCUT2D eigenvalue weighted by Gasteiger charge is -2.09. The minimum atomic E-state index is -0.716. The summed E-state index contributed by atoms with van der Waals surface area (Å²) in [6, 6.07) is 0. The van der Waals surface area contributed by atoms with Crippen molar-refractivity contribution < 1.29 is 5.11 Å². The Morgan fingerprint density at radius 2 is 2.47 bits per heavy atom. The first-order chi connectivity index (χ1) is 7.33. The van der Waals surface area contributed by atoms with Crippen LogP contribution in [0, 0.1) is 0 Å². The van der Waals surface area contributed by atoms with Crippen molar-refractivity contribution in [1.82, 2.24) is 19.1 Å². The Kier molecular flexibility index (Phi) is 3.08. The molecule has 6 heteroatoms. The molecule has 80 valence electrons. The number of aliphatic hydroxyl groups is 1. The zero-order valence-corrected chi connectivity index (χ0v) is 9.18. The van der Waals surface area contributed by atoms with Crippen LogP contribution in [0.15, 0.2) is 18.6 Å². The molecule has 0 spiro atoms. The molecular weight excluding hydrogens is 212 g/mol. The van der Waals surface area contributed by atoms with Crippen LogP contribution >= 0.6 is 11.5 Å². The number of rotatable bonds is 4. The van der Waals surface area contributed by atoms with E-state index < -0.39 is 6.10 Å². The second-order valence-corrected chi connectivity index (χ2v) is 4.02. The Morgan fingerprint density at radius 1 is 1.60 bits per heavy atom. The molecule has 0 aliphatic heterocycles. The summed E-state index contributed by atoms with van der Waals surface area (Å²) in [5.41, 5.74) is 0. The standard InChI is InChI=1S/C9H12N4OS/c1-2-4-13-5-3-10-9(13)8(14)7-6-11-12-15-7/h3,5-6,8,14H,2,4H2,1H3. The summed E-state index contributed by atoms with van der Waals surface area (Å²) < 4.78 is 5.67. The van der Waals surface area contributed by atoms with Gasteiger partial charge in [0.1, 0.15) is 11.9 Å². The summed E-state index contributed by atoms with van der Waals surface area (Å²) in [5, 5.41) is 13.7. The van der Waals surface area contributed by atoms with E-state index in [4.69, 9.17) is 0 Å². The monoisotopic (exact) mass is 224 g/mol. The molecule has 0 bridgehead atoms. The molecule has 2 aromatic rings. The summed E-state index contributed by atoms with van der Waals surface area (Å²) in [6.45, 7) is 2.95. The predicted octanol–water partition coefficient (Wildman–Crippen LogP) is 1.23. The minimum absolute atomic E-state index is 0.655. The molecule has 0 radical (unpaired) electrons.